The third-order valence-electron chi connectivity index (χ3n) is 2.94. The number of amides is 1. The predicted octanol–water partition coefficient (Wildman–Crippen LogP) is 1.78. The predicted molar refractivity (Wildman–Crippen MR) is 104 cm³/mol. The first kappa shape index (κ1) is 19.9. The van der Waals surface area contributed by atoms with Crippen LogP contribution in [0.5, 0.6) is 0 Å². The van der Waals surface area contributed by atoms with Crippen molar-refractivity contribution in [3.63, 3.8) is 0 Å². The molecule has 0 bridgehead atoms. The van der Waals surface area contributed by atoms with E-state index in [0.717, 1.165) is 12.3 Å². The number of nitrogens with one attached hydrogen (secondary N) is 3. The lowest BCUT2D eigenvalue weighted by atomic mass is 10.3. The van der Waals surface area contributed by atoms with Gasteiger partial charge in [0.15, 0.2) is 5.96 Å². The van der Waals surface area contributed by atoms with Gasteiger partial charge in [-0.3, -0.25) is 9.78 Å². The Morgan fingerprint density at radius 2 is 2.04 bits per heavy atom. The van der Waals surface area contributed by atoms with E-state index in [1.54, 1.807) is 24.6 Å². The van der Waals surface area contributed by atoms with Gasteiger partial charge in [0.25, 0.3) is 5.91 Å². The highest BCUT2D eigenvalue weighted by Crippen LogP contribution is 2.00. The topological polar surface area (TPSA) is 91.5 Å². The summed E-state index contributed by atoms with van der Waals surface area (Å²) in [5.41, 5.74) is 0.547. The van der Waals surface area contributed by atoms with Crippen LogP contribution in [0.4, 0.5) is 0 Å². The number of hydrogen-bond acceptors (Lipinski definition) is 4. The van der Waals surface area contributed by atoms with Crippen molar-refractivity contribution in [2.24, 2.45) is 4.99 Å². The molecule has 7 nitrogen and oxygen atoms in total. The molecule has 0 spiro atoms. The fraction of sp³-hybridized carbons (Fsp3) is 0.312. The number of aliphatic imine (C=N–C) groups is 1. The van der Waals surface area contributed by atoms with Crippen LogP contribution in [-0.4, -0.2) is 36.5 Å². The van der Waals surface area contributed by atoms with Crippen LogP contribution < -0.4 is 16.0 Å². The standard InChI is InChI=1S/C16H21N5O2.HI/c1-2-18-16(21-12-14-6-4-10-23-14)20-9-8-19-15(22)13-5-3-7-17-11-13;/h3-7,10-11H,2,8-9,12H2,1H3,(H,19,22)(H2,18,20,21);1H. The summed E-state index contributed by atoms with van der Waals surface area (Å²) >= 11 is 0. The molecule has 0 radical (unpaired) electrons. The lowest BCUT2D eigenvalue weighted by molar-refractivity contribution is 0.0954. The number of pyridine rings is 1. The van der Waals surface area contributed by atoms with E-state index in [0.29, 0.717) is 31.2 Å². The monoisotopic (exact) mass is 443 g/mol. The average molecular weight is 443 g/mol. The molecule has 2 heterocycles. The van der Waals surface area contributed by atoms with Crippen molar-refractivity contribution < 1.29 is 9.21 Å². The third-order valence-corrected chi connectivity index (χ3v) is 2.94. The SMILES string of the molecule is CCNC(=NCc1ccco1)NCCNC(=O)c1cccnc1.I. The zero-order valence-corrected chi connectivity index (χ0v) is 15.8. The normalized spacial score (nSPS) is 10.6. The first-order valence-corrected chi connectivity index (χ1v) is 7.52. The highest BCUT2D eigenvalue weighted by Gasteiger charge is 2.04. The molecule has 0 aliphatic rings. The third kappa shape index (κ3) is 6.99. The van der Waals surface area contributed by atoms with Crippen LogP contribution in [0.2, 0.25) is 0 Å². The van der Waals surface area contributed by atoms with Crippen molar-refractivity contribution in [3.8, 4) is 0 Å². The highest BCUT2D eigenvalue weighted by atomic mass is 127. The molecule has 0 saturated heterocycles. The molecule has 24 heavy (non-hydrogen) atoms. The lowest BCUT2D eigenvalue weighted by Crippen LogP contribution is -2.41. The Bertz CT molecular complexity index is 617. The fourth-order valence-corrected chi connectivity index (χ4v) is 1.86. The van der Waals surface area contributed by atoms with Gasteiger partial charge >= 0.3 is 0 Å². The van der Waals surface area contributed by atoms with Crippen molar-refractivity contribution in [1.29, 1.82) is 0 Å². The quantitative estimate of drug-likeness (QED) is 0.263. The van der Waals surface area contributed by atoms with Crippen LogP contribution in [0.25, 0.3) is 0 Å². The van der Waals surface area contributed by atoms with Gasteiger partial charge in [-0.25, -0.2) is 4.99 Å². The minimum Gasteiger partial charge on any atom is -0.467 e. The average Bonchev–Trinajstić information content (AvgIpc) is 3.10. The Balaban J connectivity index is 0.00000288. The molecule has 0 atom stereocenters. The molecule has 0 aliphatic carbocycles. The second-order valence-corrected chi connectivity index (χ2v) is 4.70. The van der Waals surface area contributed by atoms with Crippen LogP contribution >= 0.6 is 24.0 Å². The van der Waals surface area contributed by atoms with Crippen molar-refractivity contribution in [2.45, 2.75) is 13.5 Å². The first-order valence-electron chi connectivity index (χ1n) is 7.52. The van der Waals surface area contributed by atoms with Crippen molar-refractivity contribution in [2.75, 3.05) is 19.6 Å². The summed E-state index contributed by atoms with van der Waals surface area (Å²) in [6.07, 6.45) is 4.80. The molecule has 2 rings (SSSR count). The largest absolute Gasteiger partial charge is 0.467 e. The number of carbonyl (C=O) groups excluding carboxylic acids is 1. The summed E-state index contributed by atoms with van der Waals surface area (Å²) in [5.74, 6) is 1.34. The number of hydrogen-bond donors (Lipinski definition) is 3. The summed E-state index contributed by atoms with van der Waals surface area (Å²) in [5, 5.41) is 9.12. The molecular weight excluding hydrogens is 421 g/mol. The van der Waals surface area contributed by atoms with Gasteiger partial charge in [-0.1, -0.05) is 0 Å². The van der Waals surface area contributed by atoms with Gasteiger partial charge in [0, 0.05) is 32.0 Å². The summed E-state index contributed by atoms with van der Waals surface area (Å²) in [6.45, 7) is 4.26. The van der Waals surface area contributed by atoms with Crippen molar-refractivity contribution in [3.05, 3.63) is 54.2 Å². The Labute approximate surface area is 158 Å². The summed E-state index contributed by atoms with van der Waals surface area (Å²) < 4.78 is 5.24. The molecule has 0 aromatic carbocycles. The fourth-order valence-electron chi connectivity index (χ4n) is 1.86. The smallest absolute Gasteiger partial charge is 0.252 e. The molecule has 130 valence electrons. The number of halogens is 1. The number of aromatic nitrogens is 1. The molecule has 1 amide bonds. The molecule has 2 aromatic rings. The number of guanidine groups is 1. The van der Waals surface area contributed by atoms with Crippen LogP contribution in [0.3, 0.4) is 0 Å². The summed E-state index contributed by atoms with van der Waals surface area (Å²) in [4.78, 5) is 20.2. The van der Waals surface area contributed by atoms with Crippen molar-refractivity contribution >= 4 is 35.8 Å². The number of furan rings is 1. The van der Waals surface area contributed by atoms with Crippen molar-refractivity contribution in [1.82, 2.24) is 20.9 Å². The molecule has 3 N–H and O–H groups in total. The van der Waals surface area contributed by atoms with Gasteiger partial charge in [-0.05, 0) is 31.2 Å². The van der Waals surface area contributed by atoms with E-state index in [9.17, 15) is 4.79 Å². The maximum atomic E-state index is 11.9. The molecule has 0 saturated carbocycles. The molecule has 0 aliphatic heterocycles. The van der Waals surface area contributed by atoms with E-state index in [-0.39, 0.29) is 29.9 Å². The second kappa shape index (κ2) is 11.4. The highest BCUT2D eigenvalue weighted by molar-refractivity contribution is 14.0. The van der Waals surface area contributed by atoms with Gasteiger partial charge in [0.1, 0.15) is 12.3 Å². The molecule has 0 unspecified atom stereocenters. The van der Waals surface area contributed by atoms with E-state index in [2.05, 4.69) is 25.9 Å². The van der Waals surface area contributed by atoms with E-state index in [1.165, 1.54) is 6.20 Å². The Morgan fingerprint density at radius 3 is 2.71 bits per heavy atom. The van der Waals surface area contributed by atoms with Gasteiger partial charge in [0.05, 0.1) is 11.8 Å². The maximum absolute atomic E-state index is 11.9. The minimum atomic E-state index is -0.141. The Hall–Kier alpha value is -2.10. The molecule has 8 heteroatoms. The zero-order chi connectivity index (χ0) is 16.3. The lowest BCUT2D eigenvalue weighted by Gasteiger charge is -2.11. The zero-order valence-electron chi connectivity index (χ0n) is 13.5. The van der Waals surface area contributed by atoms with Gasteiger partial charge in [-0.2, -0.15) is 0 Å². The van der Waals surface area contributed by atoms with E-state index < -0.39 is 0 Å². The first-order chi connectivity index (χ1) is 11.3. The van der Waals surface area contributed by atoms with Gasteiger partial charge < -0.3 is 20.4 Å². The van der Waals surface area contributed by atoms with Gasteiger partial charge in [0.2, 0.25) is 0 Å². The van der Waals surface area contributed by atoms with Crippen LogP contribution in [0, 0.1) is 0 Å². The molecule has 2 aromatic heterocycles. The summed E-state index contributed by atoms with van der Waals surface area (Å²) in [6, 6.07) is 7.17. The van der Waals surface area contributed by atoms with Crippen LogP contribution in [0.15, 0.2) is 52.3 Å². The Kier molecular flexibility index (Phi) is 9.51. The summed E-state index contributed by atoms with van der Waals surface area (Å²) in [7, 11) is 0. The van der Waals surface area contributed by atoms with E-state index in [4.69, 9.17) is 4.42 Å². The minimum absolute atomic E-state index is 0. The van der Waals surface area contributed by atoms with E-state index >= 15 is 0 Å². The molecular formula is C16H22IN5O2. The van der Waals surface area contributed by atoms with E-state index in [1.807, 2.05) is 19.1 Å². The van der Waals surface area contributed by atoms with Crippen LogP contribution in [0.1, 0.15) is 23.0 Å². The van der Waals surface area contributed by atoms with Crippen LogP contribution in [-0.2, 0) is 6.54 Å². The number of rotatable bonds is 7. The Morgan fingerprint density at radius 1 is 1.21 bits per heavy atom. The molecule has 0 fully saturated rings. The number of nitrogens with zero attached hydrogens (tertiary/aromatic N) is 2. The number of carbonyl (C=O) groups is 1. The maximum Gasteiger partial charge on any atom is 0.252 e. The van der Waals surface area contributed by atoms with Gasteiger partial charge in [-0.15, -0.1) is 24.0 Å². The second-order valence-electron chi connectivity index (χ2n) is 4.70.